The molecule has 1 N–H and O–H groups in total. The molecule has 1 aliphatic heterocycles. The predicted octanol–water partition coefficient (Wildman–Crippen LogP) is 1.70. The van der Waals surface area contributed by atoms with E-state index in [1.54, 1.807) is 25.6 Å². The minimum absolute atomic E-state index is 0.0163. The number of hydrogen-bond acceptors (Lipinski definition) is 5. The summed E-state index contributed by atoms with van der Waals surface area (Å²) >= 11 is 0. The van der Waals surface area contributed by atoms with Crippen molar-refractivity contribution in [3.05, 3.63) is 11.4 Å². The van der Waals surface area contributed by atoms with E-state index in [-0.39, 0.29) is 18.4 Å². The average molecular weight is 376 g/mol. The largest absolute Gasteiger partial charge is 0.452 e. The Morgan fingerprint density at radius 1 is 1.26 bits per heavy atom. The van der Waals surface area contributed by atoms with Crippen LogP contribution in [0.3, 0.4) is 0 Å². The van der Waals surface area contributed by atoms with Gasteiger partial charge in [0.1, 0.15) is 0 Å². The third-order valence-corrected chi connectivity index (χ3v) is 5.68. The van der Waals surface area contributed by atoms with Crippen LogP contribution in [0.4, 0.5) is 5.69 Å². The Bertz CT molecular complexity index is 751. The first-order chi connectivity index (χ1) is 12.8. The Balaban J connectivity index is 1.55. The Kier molecular flexibility index (Phi) is 5.53. The number of hydrogen-bond donors (Lipinski definition) is 1. The predicted molar refractivity (Wildman–Crippen MR) is 98.9 cm³/mol. The molecule has 0 aromatic carbocycles. The summed E-state index contributed by atoms with van der Waals surface area (Å²) in [5.74, 6) is -1.36. The number of rotatable bonds is 5. The fourth-order valence-electron chi connectivity index (χ4n) is 3.96. The number of amides is 2. The van der Waals surface area contributed by atoms with Crippen LogP contribution in [-0.2, 0) is 26.2 Å². The fourth-order valence-corrected chi connectivity index (χ4v) is 3.96. The molecule has 148 valence electrons. The third-order valence-electron chi connectivity index (χ3n) is 5.68. The van der Waals surface area contributed by atoms with E-state index in [4.69, 9.17) is 4.74 Å². The number of carbonyl (C=O) groups is 3. The van der Waals surface area contributed by atoms with E-state index in [2.05, 4.69) is 10.4 Å². The van der Waals surface area contributed by atoms with Crippen molar-refractivity contribution in [2.45, 2.75) is 65.0 Å². The highest BCUT2D eigenvalue weighted by molar-refractivity contribution is 5.96. The second kappa shape index (κ2) is 7.70. The lowest BCUT2D eigenvalue weighted by Gasteiger charge is -2.24. The number of nitrogens with zero attached hydrogens (tertiary/aromatic N) is 3. The summed E-state index contributed by atoms with van der Waals surface area (Å²) in [6.45, 7) is 5.60. The SMILES string of the molecule is Cc1nn(C)c(C)c1NC(=O)[C@@H](C)OC(=O)[C@H]1CC(=O)N(C2CCCC2)C1. The molecule has 2 heterocycles. The third kappa shape index (κ3) is 3.99. The van der Waals surface area contributed by atoms with Crippen molar-refractivity contribution >= 4 is 23.5 Å². The second-order valence-electron chi connectivity index (χ2n) is 7.62. The molecule has 2 aliphatic rings. The van der Waals surface area contributed by atoms with Crippen LogP contribution in [0.2, 0.25) is 0 Å². The molecular weight excluding hydrogens is 348 g/mol. The number of esters is 1. The first-order valence-corrected chi connectivity index (χ1v) is 9.59. The number of anilines is 1. The van der Waals surface area contributed by atoms with Crippen LogP contribution < -0.4 is 5.32 Å². The minimum atomic E-state index is -0.938. The zero-order valence-corrected chi connectivity index (χ0v) is 16.4. The molecule has 2 atom stereocenters. The van der Waals surface area contributed by atoms with Crippen molar-refractivity contribution in [3.8, 4) is 0 Å². The van der Waals surface area contributed by atoms with Crippen LogP contribution in [0, 0.1) is 19.8 Å². The molecule has 0 bridgehead atoms. The van der Waals surface area contributed by atoms with E-state index in [9.17, 15) is 14.4 Å². The maximum Gasteiger partial charge on any atom is 0.312 e. The van der Waals surface area contributed by atoms with Gasteiger partial charge in [-0.2, -0.15) is 5.10 Å². The molecule has 2 fully saturated rings. The number of ether oxygens (including phenoxy) is 1. The Hall–Kier alpha value is -2.38. The van der Waals surface area contributed by atoms with Crippen molar-refractivity contribution in [3.63, 3.8) is 0 Å². The number of nitrogens with one attached hydrogen (secondary N) is 1. The monoisotopic (exact) mass is 376 g/mol. The molecule has 0 radical (unpaired) electrons. The van der Waals surface area contributed by atoms with Crippen molar-refractivity contribution in [2.24, 2.45) is 13.0 Å². The van der Waals surface area contributed by atoms with Gasteiger partial charge >= 0.3 is 5.97 Å². The van der Waals surface area contributed by atoms with Crippen LogP contribution in [0.15, 0.2) is 0 Å². The van der Waals surface area contributed by atoms with E-state index in [1.165, 1.54) is 0 Å². The van der Waals surface area contributed by atoms with Gasteiger partial charge in [-0.3, -0.25) is 19.1 Å². The summed E-state index contributed by atoms with van der Waals surface area (Å²) in [4.78, 5) is 38.9. The molecule has 1 saturated carbocycles. The highest BCUT2D eigenvalue weighted by atomic mass is 16.5. The van der Waals surface area contributed by atoms with Gasteiger partial charge in [-0.25, -0.2) is 0 Å². The average Bonchev–Trinajstić information content (AvgIpc) is 3.31. The molecule has 0 spiro atoms. The second-order valence-corrected chi connectivity index (χ2v) is 7.62. The Morgan fingerprint density at radius 2 is 1.93 bits per heavy atom. The molecule has 0 unspecified atom stereocenters. The maximum atomic E-state index is 12.5. The lowest BCUT2D eigenvalue weighted by molar-refractivity contribution is -0.157. The lowest BCUT2D eigenvalue weighted by Crippen LogP contribution is -2.36. The van der Waals surface area contributed by atoms with Crippen LogP contribution in [-0.4, -0.2) is 51.2 Å². The van der Waals surface area contributed by atoms with E-state index in [0.29, 0.717) is 17.9 Å². The standard InChI is InChI=1S/C19H28N4O4/c1-11-17(12(2)22(4)21-11)20-18(25)13(3)27-19(26)14-9-16(24)23(10-14)15-7-5-6-8-15/h13-15H,5-10H2,1-4H3,(H,20,25)/t13-,14+/m1/s1. The lowest BCUT2D eigenvalue weighted by atomic mass is 10.1. The van der Waals surface area contributed by atoms with Gasteiger partial charge in [0.25, 0.3) is 5.91 Å². The first kappa shape index (κ1) is 19.4. The zero-order chi connectivity index (χ0) is 19.7. The highest BCUT2D eigenvalue weighted by Gasteiger charge is 2.40. The molecule has 1 saturated heterocycles. The summed E-state index contributed by atoms with van der Waals surface area (Å²) < 4.78 is 7.04. The highest BCUT2D eigenvalue weighted by Crippen LogP contribution is 2.30. The Morgan fingerprint density at radius 3 is 2.52 bits per heavy atom. The molecule has 1 aliphatic carbocycles. The number of likely N-dealkylation sites (tertiary alicyclic amines) is 1. The van der Waals surface area contributed by atoms with E-state index < -0.39 is 23.9 Å². The van der Waals surface area contributed by atoms with Gasteiger partial charge in [-0.1, -0.05) is 12.8 Å². The van der Waals surface area contributed by atoms with Gasteiger partial charge in [0.05, 0.1) is 23.0 Å². The smallest absolute Gasteiger partial charge is 0.312 e. The van der Waals surface area contributed by atoms with Crippen molar-refractivity contribution in [1.29, 1.82) is 0 Å². The van der Waals surface area contributed by atoms with Gasteiger partial charge in [-0.05, 0) is 33.6 Å². The molecule has 8 heteroatoms. The first-order valence-electron chi connectivity index (χ1n) is 9.59. The normalized spacial score (nSPS) is 21.6. The fraction of sp³-hybridized carbons (Fsp3) is 0.684. The molecule has 3 rings (SSSR count). The van der Waals surface area contributed by atoms with E-state index in [1.807, 2.05) is 11.8 Å². The minimum Gasteiger partial charge on any atom is -0.452 e. The molecule has 27 heavy (non-hydrogen) atoms. The van der Waals surface area contributed by atoms with Crippen molar-refractivity contribution in [2.75, 3.05) is 11.9 Å². The molecular formula is C19H28N4O4. The van der Waals surface area contributed by atoms with Gasteiger partial charge in [0.15, 0.2) is 6.10 Å². The topological polar surface area (TPSA) is 93.5 Å². The van der Waals surface area contributed by atoms with Gasteiger partial charge < -0.3 is 15.0 Å². The molecule has 1 aromatic rings. The summed E-state index contributed by atoms with van der Waals surface area (Å²) in [5, 5.41) is 7.03. The Labute approximate surface area is 159 Å². The van der Waals surface area contributed by atoms with Crippen molar-refractivity contribution < 1.29 is 19.1 Å². The summed E-state index contributed by atoms with van der Waals surface area (Å²) in [7, 11) is 1.80. The van der Waals surface area contributed by atoms with Gasteiger partial charge in [-0.15, -0.1) is 0 Å². The number of aryl methyl sites for hydroxylation is 2. The number of aromatic nitrogens is 2. The van der Waals surface area contributed by atoms with Crippen molar-refractivity contribution in [1.82, 2.24) is 14.7 Å². The molecule has 2 amide bonds. The van der Waals surface area contributed by atoms with E-state index >= 15 is 0 Å². The summed E-state index contributed by atoms with van der Waals surface area (Å²) in [5.41, 5.74) is 2.16. The molecule has 1 aromatic heterocycles. The van der Waals surface area contributed by atoms with Crippen LogP contribution in [0.1, 0.15) is 50.4 Å². The van der Waals surface area contributed by atoms with Crippen LogP contribution in [0.5, 0.6) is 0 Å². The van der Waals surface area contributed by atoms with E-state index in [0.717, 1.165) is 31.4 Å². The zero-order valence-electron chi connectivity index (χ0n) is 16.4. The van der Waals surface area contributed by atoms with Gasteiger partial charge in [0, 0.05) is 26.1 Å². The van der Waals surface area contributed by atoms with Crippen LogP contribution >= 0.6 is 0 Å². The quantitative estimate of drug-likeness (QED) is 0.790. The summed E-state index contributed by atoms with van der Waals surface area (Å²) in [6.07, 6.45) is 3.52. The molecule has 8 nitrogen and oxygen atoms in total. The van der Waals surface area contributed by atoms with Crippen LogP contribution in [0.25, 0.3) is 0 Å². The number of carbonyl (C=O) groups excluding carboxylic acids is 3. The van der Waals surface area contributed by atoms with Gasteiger partial charge in [0.2, 0.25) is 5.91 Å². The summed E-state index contributed by atoms with van der Waals surface area (Å²) in [6, 6.07) is 0.257. The maximum absolute atomic E-state index is 12.5.